The van der Waals surface area contributed by atoms with Gasteiger partial charge in [0, 0.05) is 28.1 Å². The van der Waals surface area contributed by atoms with Gasteiger partial charge in [0.15, 0.2) is 5.16 Å². The Morgan fingerprint density at radius 2 is 1.63 bits per heavy atom. The highest BCUT2D eigenvalue weighted by Gasteiger charge is 2.18. The number of rotatable bonds is 8. The fourth-order valence-electron chi connectivity index (χ4n) is 2.54. The van der Waals surface area contributed by atoms with Gasteiger partial charge in [-0.15, -0.1) is 0 Å². The number of hydrogen-bond donors (Lipinski definition) is 3. The molecule has 0 radical (unpaired) electrons. The Morgan fingerprint density at radius 3 is 2.23 bits per heavy atom. The van der Waals surface area contributed by atoms with Crippen LogP contribution < -0.4 is 10.6 Å². The zero-order valence-electron chi connectivity index (χ0n) is 17.2. The number of carbonyl (C=O) groups is 2. The van der Waals surface area contributed by atoms with Crippen LogP contribution in [0.25, 0.3) is 0 Å². The summed E-state index contributed by atoms with van der Waals surface area (Å²) < 4.78 is 0. The summed E-state index contributed by atoms with van der Waals surface area (Å²) in [6.45, 7) is 6.00. The van der Waals surface area contributed by atoms with Crippen LogP contribution in [0.4, 0.5) is 5.69 Å². The highest BCUT2D eigenvalue weighted by molar-refractivity contribution is 7.98. The van der Waals surface area contributed by atoms with Crippen LogP contribution >= 0.6 is 11.8 Å². The molecular formula is C22H25N5O2S. The number of anilines is 1. The first-order valence-corrected chi connectivity index (χ1v) is 10.7. The largest absolute Gasteiger partial charge is 0.347 e. The minimum Gasteiger partial charge on any atom is -0.347 e. The third-order valence-corrected chi connectivity index (χ3v) is 5.67. The molecule has 30 heavy (non-hydrogen) atoms. The van der Waals surface area contributed by atoms with Gasteiger partial charge in [0.05, 0.1) is 0 Å². The van der Waals surface area contributed by atoms with Crippen LogP contribution in [0.2, 0.25) is 0 Å². The van der Waals surface area contributed by atoms with Crippen molar-refractivity contribution in [2.75, 3.05) is 5.32 Å². The highest BCUT2D eigenvalue weighted by Crippen LogP contribution is 2.19. The molecule has 0 spiro atoms. The maximum atomic E-state index is 12.5. The third kappa shape index (κ3) is 5.93. The van der Waals surface area contributed by atoms with Gasteiger partial charge in [0.25, 0.3) is 11.8 Å². The molecule has 0 aliphatic carbocycles. The van der Waals surface area contributed by atoms with Crippen LogP contribution in [0, 0.1) is 0 Å². The molecule has 0 aliphatic heterocycles. The van der Waals surface area contributed by atoms with Crippen molar-refractivity contribution in [2.24, 2.45) is 0 Å². The second kappa shape index (κ2) is 9.58. The molecule has 1 heterocycles. The van der Waals surface area contributed by atoms with E-state index < -0.39 is 0 Å². The Morgan fingerprint density at radius 1 is 1.00 bits per heavy atom. The van der Waals surface area contributed by atoms with E-state index in [0.717, 1.165) is 22.9 Å². The maximum absolute atomic E-state index is 12.5. The molecule has 3 aromatic rings. The Kier molecular flexibility index (Phi) is 6.89. The first kappa shape index (κ1) is 21.6. The van der Waals surface area contributed by atoms with Crippen molar-refractivity contribution < 1.29 is 9.59 Å². The Labute approximate surface area is 180 Å². The Hall–Kier alpha value is -3.13. The lowest BCUT2D eigenvalue weighted by Gasteiger charge is -2.24. The predicted molar refractivity (Wildman–Crippen MR) is 119 cm³/mol. The van der Waals surface area contributed by atoms with Gasteiger partial charge in [-0.05, 0) is 62.2 Å². The summed E-state index contributed by atoms with van der Waals surface area (Å²) in [5, 5.41) is 13.2. The van der Waals surface area contributed by atoms with E-state index >= 15 is 0 Å². The Bertz CT molecular complexity index is 983. The van der Waals surface area contributed by atoms with Crippen molar-refractivity contribution in [3.8, 4) is 0 Å². The number of aromatic amines is 1. The van der Waals surface area contributed by atoms with Crippen molar-refractivity contribution in [2.45, 2.75) is 43.6 Å². The number of benzene rings is 2. The summed E-state index contributed by atoms with van der Waals surface area (Å²) in [4.78, 5) is 28.9. The van der Waals surface area contributed by atoms with Crippen LogP contribution in [0.15, 0.2) is 60.0 Å². The molecule has 0 atom stereocenters. The minimum absolute atomic E-state index is 0.126. The number of aromatic nitrogens is 3. The average Bonchev–Trinajstić information content (AvgIpc) is 3.26. The van der Waals surface area contributed by atoms with Crippen molar-refractivity contribution in [1.29, 1.82) is 0 Å². The summed E-state index contributed by atoms with van der Waals surface area (Å²) in [6, 6.07) is 14.3. The van der Waals surface area contributed by atoms with Gasteiger partial charge in [-0.2, -0.15) is 5.10 Å². The van der Waals surface area contributed by atoms with Crippen LogP contribution in [-0.4, -0.2) is 32.5 Å². The monoisotopic (exact) mass is 423 g/mol. The first-order valence-electron chi connectivity index (χ1n) is 9.67. The minimum atomic E-state index is -0.260. The molecule has 0 unspecified atom stereocenters. The summed E-state index contributed by atoms with van der Waals surface area (Å²) >= 11 is 1.54. The van der Waals surface area contributed by atoms with Gasteiger partial charge >= 0.3 is 0 Å². The number of hydrogen-bond acceptors (Lipinski definition) is 5. The summed E-state index contributed by atoms with van der Waals surface area (Å²) in [5.41, 5.74) is 2.58. The van der Waals surface area contributed by atoms with Gasteiger partial charge in [-0.25, -0.2) is 4.98 Å². The molecule has 0 bridgehead atoms. The van der Waals surface area contributed by atoms with Crippen molar-refractivity contribution in [3.05, 3.63) is 71.5 Å². The van der Waals surface area contributed by atoms with Crippen molar-refractivity contribution in [3.63, 3.8) is 0 Å². The summed E-state index contributed by atoms with van der Waals surface area (Å²) in [5.74, 6) is 0.405. The first-order chi connectivity index (χ1) is 14.4. The normalized spacial score (nSPS) is 11.2. The van der Waals surface area contributed by atoms with Gasteiger partial charge in [0.2, 0.25) is 0 Å². The molecule has 3 N–H and O–H groups in total. The fraction of sp³-hybridized carbons (Fsp3) is 0.273. The lowest BCUT2D eigenvalue weighted by Crippen LogP contribution is -2.42. The number of nitrogens with zero attached hydrogens (tertiary/aromatic N) is 2. The van der Waals surface area contributed by atoms with Crippen LogP contribution in [0.1, 0.15) is 53.5 Å². The SMILES string of the molecule is CCC(C)(C)NC(=O)c1ccc(NC(=O)c2ccc(CSc3ncn[nH]3)cc2)cc1. The quantitative estimate of drug-likeness (QED) is 0.470. The second-order valence-electron chi connectivity index (χ2n) is 7.50. The molecule has 156 valence electrons. The molecule has 2 amide bonds. The molecule has 0 fully saturated rings. The van der Waals surface area contributed by atoms with Gasteiger partial charge in [-0.3, -0.25) is 14.7 Å². The smallest absolute Gasteiger partial charge is 0.255 e. The lowest BCUT2D eigenvalue weighted by atomic mass is 10.0. The third-order valence-electron chi connectivity index (χ3n) is 4.73. The van der Waals surface area contributed by atoms with E-state index in [-0.39, 0.29) is 17.4 Å². The summed E-state index contributed by atoms with van der Waals surface area (Å²) in [6.07, 6.45) is 2.31. The molecule has 2 aromatic carbocycles. The van der Waals surface area contributed by atoms with E-state index in [9.17, 15) is 9.59 Å². The van der Waals surface area contributed by atoms with Gasteiger partial charge in [0.1, 0.15) is 6.33 Å². The number of thioether (sulfide) groups is 1. The molecule has 0 saturated heterocycles. The number of H-pyrrole nitrogens is 1. The molecule has 0 saturated carbocycles. The van der Waals surface area contributed by atoms with E-state index in [2.05, 4.69) is 25.8 Å². The van der Waals surface area contributed by atoms with Crippen LogP contribution in [0.3, 0.4) is 0 Å². The van der Waals surface area contributed by atoms with E-state index in [4.69, 9.17) is 0 Å². The number of carbonyl (C=O) groups excluding carboxylic acids is 2. The van der Waals surface area contributed by atoms with E-state index in [1.807, 2.05) is 32.9 Å². The second-order valence-corrected chi connectivity index (χ2v) is 8.46. The topological polar surface area (TPSA) is 99.8 Å². The number of nitrogens with one attached hydrogen (secondary N) is 3. The molecule has 0 aliphatic rings. The maximum Gasteiger partial charge on any atom is 0.255 e. The highest BCUT2D eigenvalue weighted by atomic mass is 32.2. The molecule has 8 heteroatoms. The zero-order valence-corrected chi connectivity index (χ0v) is 18.0. The summed E-state index contributed by atoms with van der Waals surface area (Å²) in [7, 11) is 0. The molecule has 3 rings (SSSR count). The molecule has 7 nitrogen and oxygen atoms in total. The van der Waals surface area contributed by atoms with Gasteiger partial charge < -0.3 is 10.6 Å². The Balaban J connectivity index is 1.55. The number of amides is 2. The zero-order chi connectivity index (χ0) is 21.6. The standard InChI is InChI=1S/C22H25N5O2S/c1-4-22(2,3)26-20(29)17-9-11-18(12-10-17)25-19(28)16-7-5-15(6-8-16)13-30-21-23-14-24-27-21/h5-12,14H,4,13H2,1-3H3,(H,25,28)(H,26,29)(H,23,24,27). The van der Waals surface area contributed by atoms with Crippen molar-refractivity contribution in [1.82, 2.24) is 20.5 Å². The van der Waals surface area contributed by atoms with Crippen molar-refractivity contribution >= 4 is 29.3 Å². The fourth-order valence-corrected chi connectivity index (χ4v) is 3.28. The van der Waals surface area contributed by atoms with E-state index in [0.29, 0.717) is 16.8 Å². The lowest BCUT2D eigenvalue weighted by molar-refractivity contribution is 0.0911. The van der Waals surface area contributed by atoms with E-state index in [1.54, 1.807) is 48.2 Å². The van der Waals surface area contributed by atoms with Gasteiger partial charge in [-0.1, -0.05) is 30.8 Å². The van der Waals surface area contributed by atoms with Crippen LogP contribution in [0.5, 0.6) is 0 Å². The molecular weight excluding hydrogens is 398 g/mol. The average molecular weight is 424 g/mol. The molecule has 1 aromatic heterocycles. The van der Waals surface area contributed by atoms with Crippen LogP contribution in [-0.2, 0) is 5.75 Å². The van der Waals surface area contributed by atoms with E-state index in [1.165, 1.54) is 6.33 Å². The predicted octanol–water partition coefficient (Wildman–Crippen LogP) is 4.27.